The van der Waals surface area contributed by atoms with Gasteiger partial charge < -0.3 is 20.9 Å². The number of anilines is 1. The van der Waals surface area contributed by atoms with Gasteiger partial charge in [0.25, 0.3) is 5.91 Å². The number of fused-ring (bicyclic) bond motifs is 1. The zero-order valence-corrected chi connectivity index (χ0v) is 13.1. The van der Waals surface area contributed by atoms with E-state index in [1.54, 1.807) is 12.1 Å². The average Bonchev–Trinajstić information content (AvgIpc) is 2.75. The number of methoxy groups -OCH3 is 1. The lowest BCUT2D eigenvalue weighted by Crippen LogP contribution is -2.28. The van der Waals surface area contributed by atoms with Crippen molar-refractivity contribution in [3.8, 4) is 0 Å². The molecule has 4 N–H and O–H groups in total. The molecule has 0 saturated carbocycles. The first kappa shape index (κ1) is 16.0. The van der Waals surface area contributed by atoms with Crippen LogP contribution in [0.1, 0.15) is 16.1 Å². The SMILES string of the molecule is COCC(O)CCNC(=O)c1sc2cc(Cl)ccc2c1N. The Kier molecular flexibility index (Phi) is 5.41. The number of aliphatic hydroxyl groups excluding tert-OH is 1. The summed E-state index contributed by atoms with van der Waals surface area (Å²) in [4.78, 5) is 12.6. The van der Waals surface area contributed by atoms with Gasteiger partial charge in [-0.25, -0.2) is 0 Å². The van der Waals surface area contributed by atoms with E-state index in [9.17, 15) is 9.90 Å². The summed E-state index contributed by atoms with van der Waals surface area (Å²) in [6.07, 6.45) is -0.162. The van der Waals surface area contributed by atoms with Gasteiger partial charge in [-0.3, -0.25) is 4.79 Å². The highest BCUT2D eigenvalue weighted by Gasteiger charge is 2.16. The van der Waals surface area contributed by atoms with Crippen molar-refractivity contribution < 1.29 is 14.6 Å². The van der Waals surface area contributed by atoms with Gasteiger partial charge in [0.2, 0.25) is 0 Å². The van der Waals surface area contributed by atoms with Crippen LogP contribution in [-0.4, -0.2) is 37.4 Å². The molecule has 0 aliphatic heterocycles. The van der Waals surface area contributed by atoms with Gasteiger partial charge in [0.15, 0.2) is 0 Å². The number of halogens is 1. The Balaban J connectivity index is 2.04. The van der Waals surface area contributed by atoms with Crippen LogP contribution in [0.15, 0.2) is 18.2 Å². The van der Waals surface area contributed by atoms with E-state index in [0.717, 1.165) is 10.1 Å². The van der Waals surface area contributed by atoms with Crippen molar-refractivity contribution in [3.05, 3.63) is 28.1 Å². The minimum absolute atomic E-state index is 0.241. The minimum Gasteiger partial charge on any atom is -0.397 e. The van der Waals surface area contributed by atoms with E-state index in [2.05, 4.69) is 5.32 Å². The number of amides is 1. The second-order valence-corrected chi connectivity index (χ2v) is 6.13. The van der Waals surface area contributed by atoms with Gasteiger partial charge >= 0.3 is 0 Å². The van der Waals surface area contributed by atoms with E-state index in [4.69, 9.17) is 22.1 Å². The largest absolute Gasteiger partial charge is 0.397 e. The Labute approximate surface area is 131 Å². The number of thiophene rings is 1. The summed E-state index contributed by atoms with van der Waals surface area (Å²) in [7, 11) is 1.52. The Morgan fingerprint density at radius 2 is 2.33 bits per heavy atom. The molecule has 1 heterocycles. The molecule has 0 spiro atoms. The molecule has 5 nitrogen and oxygen atoms in total. The Morgan fingerprint density at radius 1 is 1.57 bits per heavy atom. The van der Waals surface area contributed by atoms with E-state index >= 15 is 0 Å². The predicted octanol–water partition coefficient (Wildman–Crippen LogP) is 2.26. The third-order valence-corrected chi connectivity index (χ3v) is 4.42. The molecule has 0 fully saturated rings. The fraction of sp³-hybridized carbons (Fsp3) is 0.357. The van der Waals surface area contributed by atoms with Crippen molar-refractivity contribution in [2.24, 2.45) is 0 Å². The van der Waals surface area contributed by atoms with Crippen LogP contribution in [0.3, 0.4) is 0 Å². The van der Waals surface area contributed by atoms with Gasteiger partial charge in [0.05, 0.1) is 18.4 Å². The number of nitrogens with one attached hydrogen (secondary N) is 1. The molecule has 2 rings (SSSR count). The van der Waals surface area contributed by atoms with E-state index in [1.807, 2.05) is 6.07 Å². The van der Waals surface area contributed by atoms with E-state index < -0.39 is 6.10 Å². The van der Waals surface area contributed by atoms with E-state index in [1.165, 1.54) is 18.4 Å². The van der Waals surface area contributed by atoms with Gasteiger partial charge in [0.1, 0.15) is 4.88 Å². The molecule has 7 heteroatoms. The number of carbonyl (C=O) groups is 1. The van der Waals surface area contributed by atoms with Crippen molar-refractivity contribution >= 4 is 44.6 Å². The number of nitrogen functional groups attached to an aromatic ring is 1. The van der Waals surface area contributed by atoms with Crippen LogP contribution in [0, 0.1) is 0 Å². The second kappa shape index (κ2) is 7.09. The lowest BCUT2D eigenvalue weighted by molar-refractivity contribution is 0.0588. The van der Waals surface area contributed by atoms with Crippen LogP contribution in [-0.2, 0) is 4.74 Å². The fourth-order valence-corrected chi connectivity index (χ4v) is 3.28. The number of ether oxygens (including phenoxy) is 1. The molecule has 1 atom stereocenters. The highest BCUT2D eigenvalue weighted by atomic mass is 35.5. The van der Waals surface area contributed by atoms with Gasteiger partial charge in [-0.15, -0.1) is 11.3 Å². The van der Waals surface area contributed by atoms with Crippen LogP contribution < -0.4 is 11.1 Å². The van der Waals surface area contributed by atoms with Crippen LogP contribution in [0.25, 0.3) is 10.1 Å². The van der Waals surface area contributed by atoms with E-state index in [-0.39, 0.29) is 12.5 Å². The lowest BCUT2D eigenvalue weighted by atomic mass is 10.2. The summed E-state index contributed by atoms with van der Waals surface area (Å²) in [5, 5.41) is 13.7. The fourth-order valence-electron chi connectivity index (χ4n) is 1.97. The summed E-state index contributed by atoms with van der Waals surface area (Å²) in [5.74, 6) is -0.241. The zero-order valence-electron chi connectivity index (χ0n) is 11.6. The molecule has 0 radical (unpaired) electrons. The Bertz CT molecular complexity index is 644. The van der Waals surface area contributed by atoms with Crippen molar-refractivity contribution in [2.75, 3.05) is 26.0 Å². The summed E-state index contributed by atoms with van der Waals surface area (Å²) >= 11 is 7.24. The zero-order chi connectivity index (χ0) is 15.4. The first-order valence-corrected chi connectivity index (χ1v) is 7.65. The number of nitrogens with two attached hydrogens (primary N) is 1. The molecular formula is C14H17ClN2O3S. The highest BCUT2D eigenvalue weighted by Crippen LogP contribution is 2.35. The molecule has 1 unspecified atom stereocenters. The molecule has 0 aliphatic carbocycles. The number of carbonyl (C=O) groups excluding carboxylic acids is 1. The van der Waals surface area contributed by atoms with Gasteiger partial charge in [0, 0.05) is 28.8 Å². The number of hydrogen-bond donors (Lipinski definition) is 3. The Hall–Kier alpha value is -1.34. The lowest BCUT2D eigenvalue weighted by Gasteiger charge is -2.09. The van der Waals surface area contributed by atoms with Crippen molar-refractivity contribution in [2.45, 2.75) is 12.5 Å². The molecule has 0 aliphatic rings. The maximum atomic E-state index is 12.1. The molecule has 2 aromatic rings. The summed E-state index contributed by atoms with van der Waals surface area (Å²) in [5.41, 5.74) is 6.47. The average molecular weight is 329 g/mol. The van der Waals surface area contributed by atoms with Crippen LogP contribution in [0.4, 0.5) is 5.69 Å². The van der Waals surface area contributed by atoms with Crippen LogP contribution in [0.5, 0.6) is 0 Å². The number of benzene rings is 1. The molecule has 1 aromatic heterocycles. The third-order valence-electron chi connectivity index (χ3n) is 3.02. The van der Waals surface area contributed by atoms with Crippen LogP contribution in [0.2, 0.25) is 5.02 Å². The quantitative estimate of drug-likeness (QED) is 0.759. The first-order valence-electron chi connectivity index (χ1n) is 6.45. The molecule has 0 bridgehead atoms. The van der Waals surface area contributed by atoms with Crippen molar-refractivity contribution in [1.29, 1.82) is 0 Å². The highest BCUT2D eigenvalue weighted by molar-refractivity contribution is 7.21. The first-order chi connectivity index (χ1) is 10.0. The predicted molar refractivity (Wildman–Crippen MR) is 86.1 cm³/mol. The maximum Gasteiger partial charge on any atom is 0.263 e. The molecule has 21 heavy (non-hydrogen) atoms. The van der Waals surface area contributed by atoms with Gasteiger partial charge in [-0.05, 0) is 24.6 Å². The van der Waals surface area contributed by atoms with Gasteiger partial charge in [-0.1, -0.05) is 11.6 Å². The summed E-state index contributed by atoms with van der Waals surface area (Å²) < 4.78 is 5.70. The molecule has 1 aromatic carbocycles. The normalized spacial score (nSPS) is 12.5. The van der Waals surface area contributed by atoms with Crippen LogP contribution >= 0.6 is 22.9 Å². The number of rotatable bonds is 6. The van der Waals surface area contributed by atoms with Crippen molar-refractivity contribution in [3.63, 3.8) is 0 Å². The topological polar surface area (TPSA) is 84.6 Å². The molecular weight excluding hydrogens is 312 g/mol. The smallest absolute Gasteiger partial charge is 0.263 e. The monoisotopic (exact) mass is 328 g/mol. The third kappa shape index (κ3) is 3.85. The minimum atomic E-state index is -0.589. The van der Waals surface area contributed by atoms with Gasteiger partial charge in [-0.2, -0.15) is 0 Å². The molecule has 0 saturated heterocycles. The Morgan fingerprint density at radius 3 is 3.05 bits per heavy atom. The van der Waals surface area contributed by atoms with E-state index in [0.29, 0.717) is 28.6 Å². The second-order valence-electron chi connectivity index (χ2n) is 4.64. The summed E-state index contributed by atoms with van der Waals surface area (Å²) in [6.45, 7) is 0.608. The molecule has 1 amide bonds. The maximum absolute atomic E-state index is 12.1. The number of hydrogen-bond acceptors (Lipinski definition) is 5. The van der Waals surface area contributed by atoms with Crippen molar-refractivity contribution in [1.82, 2.24) is 5.32 Å². The summed E-state index contributed by atoms with van der Waals surface area (Å²) in [6, 6.07) is 5.34. The number of aliphatic hydroxyl groups is 1. The standard InChI is InChI=1S/C14H17ClN2O3S/c1-20-7-9(18)4-5-17-14(19)13-12(16)10-3-2-8(15)6-11(10)21-13/h2-3,6,9,18H,4-5,7,16H2,1H3,(H,17,19). The molecule has 114 valence electrons.